The van der Waals surface area contributed by atoms with Crippen LogP contribution in [0.25, 0.3) is 0 Å². The Kier molecular flexibility index (Phi) is 6.20. The first-order valence-corrected chi connectivity index (χ1v) is 10.3. The number of amides is 1. The fraction of sp³-hybridized carbons (Fsp3) is 0.476. The van der Waals surface area contributed by atoms with Gasteiger partial charge < -0.3 is 14.8 Å². The number of benzene rings is 1. The summed E-state index contributed by atoms with van der Waals surface area (Å²) in [6.45, 7) is 7.07. The fourth-order valence-electron chi connectivity index (χ4n) is 3.29. The van der Waals surface area contributed by atoms with E-state index < -0.39 is 0 Å². The molecule has 3 rings (SSSR count). The van der Waals surface area contributed by atoms with Crippen molar-refractivity contribution in [2.24, 2.45) is 0 Å². The molecule has 1 amide bonds. The Morgan fingerprint density at radius 2 is 1.85 bits per heavy atom. The third kappa shape index (κ3) is 4.21. The van der Waals surface area contributed by atoms with E-state index >= 15 is 0 Å². The van der Waals surface area contributed by atoms with Crippen molar-refractivity contribution in [2.45, 2.75) is 52.5 Å². The molecule has 1 atom stereocenters. The summed E-state index contributed by atoms with van der Waals surface area (Å²) >= 11 is 1.64. The average Bonchev–Trinajstić information content (AvgIpc) is 3.08. The predicted octanol–water partition coefficient (Wildman–Crippen LogP) is 4.92. The minimum atomic E-state index is -0.100. The van der Waals surface area contributed by atoms with E-state index in [9.17, 15) is 4.79 Å². The summed E-state index contributed by atoms with van der Waals surface area (Å²) in [5.74, 6) is 1.46. The van der Waals surface area contributed by atoms with Crippen LogP contribution in [0.1, 0.15) is 65.3 Å². The molecule has 0 aliphatic heterocycles. The highest BCUT2D eigenvalue weighted by molar-refractivity contribution is 7.14. The van der Waals surface area contributed by atoms with Gasteiger partial charge in [-0.05, 0) is 75.8 Å². The lowest BCUT2D eigenvalue weighted by atomic mass is 9.99. The molecule has 1 N–H and O–H groups in total. The second-order valence-corrected chi connectivity index (χ2v) is 7.67. The maximum atomic E-state index is 12.7. The first kappa shape index (κ1) is 18.8. The second kappa shape index (κ2) is 8.58. The molecule has 0 fully saturated rings. The van der Waals surface area contributed by atoms with Crippen LogP contribution in [0, 0.1) is 0 Å². The van der Waals surface area contributed by atoms with E-state index in [-0.39, 0.29) is 11.9 Å². The van der Waals surface area contributed by atoms with Gasteiger partial charge in [-0.1, -0.05) is 6.07 Å². The topological polar surface area (TPSA) is 47.6 Å². The van der Waals surface area contributed by atoms with Crippen molar-refractivity contribution in [1.82, 2.24) is 5.32 Å². The van der Waals surface area contributed by atoms with Crippen molar-refractivity contribution in [3.05, 3.63) is 45.1 Å². The van der Waals surface area contributed by atoms with E-state index in [1.165, 1.54) is 23.3 Å². The summed E-state index contributed by atoms with van der Waals surface area (Å²) in [6, 6.07) is 7.83. The Bertz CT molecular complexity index is 745. The molecule has 1 aromatic carbocycles. The van der Waals surface area contributed by atoms with Gasteiger partial charge in [-0.25, -0.2) is 0 Å². The first-order chi connectivity index (χ1) is 12.6. The Hall–Kier alpha value is -2.01. The van der Waals surface area contributed by atoms with Gasteiger partial charge in [0.05, 0.1) is 24.1 Å². The van der Waals surface area contributed by atoms with Crippen LogP contribution in [0.5, 0.6) is 11.5 Å². The molecule has 0 bridgehead atoms. The van der Waals surface area contributed by atoms with Gasteiger partial charge in [0.25, 0.3) is 5.91 Å². The van der Waals surface area contributed by atoms with Gasteiger partial charge in [-0.2, -0.15) is 0 Å². The van der Waals surface area contributed by atoms with Gasteiger partial charge in [-0.15, -0.1) is 11.3 Å². The molecular formula is C21H27NO3S. The third-order valence-corrected chi connectivity index (χ3v) is 5.87. The maximum absolute atomic E-state index is 12.7. The van der Waals surface area contributed by atoms with Gasteiger partial charge in [-0.3, -0.25) is 4.79 Å². The lowest BCUT2D eigenvalue weighted by Crippen LogP contribution is -2.25. The van der Waals surface area contributed by atoms with Gasteiger partial charge in [0.15, 0.2) is 11.5 Å². The SMILES string of the molecule is CCOc1ccc([C@@H](C)NC(=O)c2cc3c(s2)CCCC3)cc1OCC. The molecule has 2 aromatic rings. The van der Waals surface area contributed by atoms with Crippen LogP contribution in [0.15, 0.2) is 24.3 Å². The van der Waals surface area contributed by atoms with Crippen molar-refractivity contribution in [2.75, 3.05) is 13.2 Å². The van der Waals surface area contributed by atoms with E-state index in [1.54, 1.807) is 11.3 Å². The lowest BCUT2D eigenvalue weighted by molar-refractivity contribution is 0.0944. The highest BCUT2D eigenvalue weighted by Gasteiger charge is 2.19. The molecule has 1 aromatic heterocycles. The summed E-state index contributed by atoms with van der Waals surface area (Å²) in [5.41, 5.74) is 2.37. The number of aryl methyl sites for hydroxylation is 2. The number of hydrogen-bond donors (Lipinski definition) is 1. The zero-order chi connectivity index (χ0) is 18.5. The molecule has 1 heterocycles. The summed E-state index contributed by atoms with van der Waals surface area (Å²) < 4.78 is 11.3. The zero-order valence-corrected chi connectivity index (χ0v) is 16.6. The Morgan fingerprint density at radius 1 is 1.12 bits per heavy atom. The van der Waals surface area contributed by atoms with E-state index in [0.717, 1.165) is 34.8 Å². The molecule has 0 unspecified atom stereocenters. The van der Waals surface area contributed by atoms with Crippen LogP contribution < -0.4 is 14.8 Å². The van der Waals surface area contributed by atoms with Gasteiger partial charge in [0, 0.05) is 4.88 Å². The molecule has 5 heteroatoms. The smallest absolute Gasteiger partial charge is 0.261 e. The van der Waals surface area contributed by atoms with Crippen molar-refractivity contribution in [3.8, 4) is 11.5 Å². The van der Waals surface area contributed by atoms with Crippen LogP contribution in [0.4, 0.5) is 0 Å². The Balaban J connectivity index is 1.72. The Labute approximate surface area is 159 Å². The molecule has 0 spiro atoms. The number of thiophene rings is 1. The predicted molar refractivity (Wildman–Crippen MR) is 106 cm³/mol. The molecule has 0 saturated heterocycles. The first-order valence-electron chi connectivity index (χ1n) is 9.44. The van der Waals surface area contributed by atoms with E-state index in [1.807, 2.05) is 39.0 Å². The summed E-state index contributed by atoms with van der Waals surface area (Å²) in [7, 11) is 0. The van der Waals surface area contributed by atoms with Crippen LogP contribution in [0.2, 0.25) is 0 Å². The summed E-state index contributed by atoms with van der Waals surface area (Å²) in [4.78, 5) is 14.9. The quantitative estimate of drug-likeness (QED) is 0.750. The monoisotopic (exact) mass is 373 g/mol. The molecule has 140 valence electrons. The van der Waals surface area contributed by atoms with Crippen molar-refractivity contribution in [3.63, 3.8) is 0 Å². The minimum Gasteiger partial charge on any atom is -0.490 e. The molecule has 26 heavy (non-hydrogen) atoms. The van der Waals surface area contributed by atoms with Gasteiger partial charge >= 0.3 is 0 Å². The largest absolute Gasteiger partial charge is 0.490 e. The standard InChI is InChI=1S/C21H27NO3S/c1-4-24-17-11-10-15(12-18(17)25-5-2)14(3)22-21(23)20-13-16-8-6-7-9-19(16)26-20/h10-14H,4-9H2,1-3H3,(H,22,23)/t14-/m1/s1. The van der Waals surface area contributed by atoms with Crippen molar-refractivity contribution >= 4 is 17.2 Å². The van der Waals surface area contributed by atoms with E-state index in [0.29, 0.717) is 13.2 Å². The molecule has 0 radical (unpaired) electrons. The van der Waals surface area contributed by atoms with Crippen LogP contribution in [-0.4, -0.2) is 19.1 Å². The number of carbonyl (C=O) groups is 1. The number of nitrogens with one attached hydrogen (secondary N) is 1. The highest BCUT2D eigenvalue weighted by atomic mass is 32.1. The maximum Gasteiger partial charge on any atom is 0.261 e. The van der Waals surface area contributed by atoms with Crippen LogP contribution in [0.3, 0.4) is 0 Å². The van der Waals surface area contributed by atoms with Crippen LogP contribution in [-0.2, 0) is 12.8 Å². The van der Waals surface area contributed by atoms with Gasteiger partial charge in [0.2, 0.25) is 0 Å². The molecule has 1 aliphatic rings. The number of fused-ring (bicyclic) bond motifs is 1. The lowest BCUT2D eigenvalue weighted by Gasteiger charge is -2.17. The van der Waals surface area contributed by atoms with Crippen LogP contribution >= 0.6 is 11.3 Å². The molecule has 1 aliphatic carbocycles. The average molecular weight is 374 g/mol. The number of ether oxygens (including phenoxy) is 2. The third-order valence-electron chi connectivity index (χ3n) is 4.64. The molecule has 4 nitrogen and oxygen atoms in total. The number of hydrogen-bond acceptors (Lipinski definition) is 4. The fourth-order valence-corrected chi connectivity index (χ4v) is 4.45. The minimum absolute atomic E-state index is 0.00347. The van der Waals surface area contributed by atoms with E-state index in [2.05, 4.69) is 11.4 Å². The van der Waals surface area contributed by atoms with Crippen molar-refractivity contribution < 1.29 is 14.3 Å². The Morgan fingerprint density at radius 3 is 2.58 bits per heavy atom. The number of carbonyl (C=O) groups excluding carboxylic acids is 1. The van der Waals surface area contributed by atoms with E-state index in [4.69, 9.17) is 9.47 Å². The highest BCUT2D eigenvalue weighted by Crippen LogP contribution is 2.32. The number of rotatable bonds is 7. The normalized spacial score (nSPS) is 14.4. The molecular weight excluding hydrogens is 346 g/mol. The zero-order valence-electron chi connectivity index (χ0n) is 15.8. The summed E-state index contributed by atoms with van der Waals surface area (Å²) in [5, 5.41) is 3.12. The van der Waals surface area contributed by atoms with Crippen molar-refractivity contribution in [1.29, 1.82) is 0 Å². The van der Waals surface area contributed by atoms with Gasteiger partial charge in [0.1, 0.15) is 0 Å². The molecule has 0 saturated carbocycles. The second-order valence-electron chi connectivity index (χ2n) is 6.53. The summed E-state index contributed by atoms with van der Waals surface area (Å²) in [6.07, 6.45) is 4.68.